The number of aromatic nitrogens is 2. The fourth-order valence-corrected chi connectivity index (χ4v) is 3.03. The van der Waals surface area contributed by atoms with Gasteiger partial charge in [-0.05, 0) is 25.0 Å². The Morgan fingerprint density at radius 3 is 3.00 bits per heavy atom. The Bertz CT molecular complexity index is 512. The molecule has 0 bridgehead atoms. The van der Waals surface area contributed by atoms with Gasteiger partial charge in [0.25, 0.3) is 0 Å². The van der Waals surface area contributed by atoms with Crippen LogP contribution >= 0.6 is 11.3 Å². The molecule has 1 amide bonds. The van der Waals surface area contributed by atoms with Crippen LogP contribution in [0.5, 0.6) is 0 Å². The van der Waals surface area contributed by atoms with Crippen molar-refractivity contribution < 1.29 is 4.79 Å². The maximum absolute atomic E-state index is 11.9. The molecule has 0 aliphatic heterocycles. The molecule has 0 spiro atoms. The molecule has 3 rings (SSSR count). The predicted octanol–water partition coefficient (Wildman–Crippen LogP) is 2.82. The molecule has 0 unspecified atom stereocenters. The summed E-state index contributed by atoms with van der Waals surface area (Å²) in [6.45, 7) is 0. The van der Waals surface area contributed by atoms with Crippen LogP contribution < -0.4 is 5.32 Å². The first-order chi connectivity index (χ1) is 8.33. The molecule has 0 aromatic carbocycles. The van der Waals surface area contributed by atoms with Crippen molar-refractivity contribution in [2.45, 2.75) is 25.7 Å². The van der Waals surface area contributed by atoms with E-state index in [2.05, 4.69) is 15.3 Å². The van der Waals surface area contributed by atoms with Crippen LogP contribution in [0, 0.1) is 5.92 Å². The van der Waals surface area contributed by atoms with Crippen molar-refractivity contribution in [2.75, 3.05) is 5.32 Å². The second-order valence-electron chi connectivity index (χ2n) is 4.32. The lowest BCUT2D eigenvalue weighted by atomic mass is 10.1. The molecule has 4 nitrogen and oxygen atoms in total. The Balaban J connectivity index is 1.77. The number of hydrogen-bond acceptors (Lipinski definition) is 4. The van der Waals surface area contributed by atoms with Gasteiger partial charge in [0, 0.05) is 12.1 Å². The highest BCUT2D eigenvalue weighted by Crippen LogP contribution is 2.28. The van der Waals surface area contributed by atoms with Crippen molar-refractivity contribution in [1.29, 1.82) is 0 Å². The van der Waals surface area contributed by atoms with E-state index in [1.54, 1.807) is 6.20 Å². The SMILES string of the molecule is O=C(Nc1nc2cccnc2s1)C1CCCC1. The number of fused-ring (bicyclic) bond motifs is 1. The van der Waals surface area contributed by atoms with E-state index < -0.39 is 0 Å². The largest absolute Gasteiger partial charge is 0.302 e. The number of amides is 1. The highest BCUT2D eigenvalue weighted by atomic mass is 32.1. The first-order valence-electron chi connectivity index (χ1n) is 5.85. The summed E-state index contributed by atoms with van der Waals surface area (Å²) in [4.78, 5) is 21.4. The van der Waals surface area contributed by atoms with E-state index in [1.807, 2.05) is 12.1 Å². The van der Waals surface area contributed by atoms with Gasteiger partial charge in [0.2, 0.25) is 5.91 Å². The lowest BCUT2D eigenvalue weighted by Crippen LogP contribution is -2.19. The van der Waals surface area contributed by atoms with E-state index in [1.165, 1.54) is 24.2 Å². The standard InChI is InChI=1S/C12H13N3OS/c16-10(8-4-1-2-5-8)15-12-14-9-6-3-7-13-11(9)17-12/h3,6-8H,1-2,4-5H2,(H,14,15,16). The zero-order chi connectivity index (χ0) is 11.7. The second kappa shape index (κ2) is 4.41. The van der Waals surface area contributed by atoms with Gasteiger partial charge < -0.3 is 5.32 Å². The zero-order valence-corrected chi connectivity index (χ0v) is 10.2. The summed E-state index contributed by atoms with van der Waals surface area (Å²) in [7, 11) is 0. The Labute approximate surface area is 103 Å². The molecule has 1 saturated carbocycles. The molecule has 2 aromatic rings. The van der Waals surface area contributed by atoms with Gasteiger partial charge in [0.05, 0.1) is 0 Å². The van der Waals surface area contributed by atoms with Crippen molar-refractivity contribution in [3.63, 3.8) is 0 Å². The Morgan fingerprint density at radius 2 is 2.24 bits per heavy atom. The van der Waals surface area contributed by atoms with Crippen LogP contribution in [0.4, 0.5) is 5.13 Å². The molecular weight excluding hydrogens is 234 g/mol. The fraction of sp³-hybridized carbons (Fsp3) is 0.417. The molecule has 1 aliphatic carbocycles. The molecule has 1 N–H and O–H groups in total. The third-order valence-corrected chi connectivity index (χ3v) is 4.02. The first-order valence-corrected chi connectivity index (χ1v) is 6.67. The van der Waals surface area contributed by atoms with E-state index in [9.17, 15) is 4.79 Å². The van der Waals surface area contributed by atoms with Crippen LogP contribution in [-0.2, 0) is 4.79 Å². The molecule has 17 heavy (non-hydrogen) atoms. The smallest absolute Gasteiger partial charge is 0.229 e. The number of rotatable bonds is 2. The quantitative estimate of drug-likeness (QED) is 0.887. The number of carbonyl (C=O) groups excluding carboxylic acids is 1. The first kappa shape index (κ1) is 10.7. The maximum atomic E-state index is 11.9. The average molecular weight is 247 g/mol. The zero-order valence-electron chi connectivity index (χ0n) is 9.35. The lowest BCUT2D eigenvalue weighted by molar-refractivity contribution is -0.119. The summed E-state index contributed by atoms with van der Waals surface area (Å²) < 4.78 is 0. The number of anilines is 1. The number of nitrogens with zero attached hydrogens (tertiary/aromatic N) is 2. The molecule has 0 radical (unpaired) electrons. The Hall–Kier alpha value is -1.49. The van der Waals surface area contributed by atoms with Gasteiger partial charge in [0.1, 0.15) is 10.3 Å². The number of nitrogens with one attached hydrogen (secondary N) is 1. The summed E-state index contributed by atoms with van der Waals surface area (Å²) in [6.07, 6.45) is 6.09. The number of pyridine rings is 1. The van der Waals surface area contributed by atoms with Crippen molar-refractivity contribution >= 4 is 32.7 Å². The van der Waals surface area contributed by atoms with Gasteiger partial charge in [-0.15, -0.1) is 0 Å². The summed E-state index contributed by atoms with van der Waals surface area (Å²) >= 11 is 1.43. The number of thiazole rings is 1. The van der Waals surface area contributed by atoms with Gasteiger partial charge in [-0.25, -0.2) is 9.97 Å². The van der Waals surface area contributed by atoms with Crippen LogP contribution in [0.3, 0.4) is 0 Å². The molecule has 1 aliphatic rings. The molecule has 0 saturated heterocycles. The fourth-order valence-electron chi connectivity index (χ4n) is 2.22. The second-order valence-corrected chi connectivity index (χ2v) is 5.29. The van der Waals surface area contributed by atoms with Crippen LogP contribution in [0.1, 0.15) is 25.7 Å². The minimum atomic E-state index is 0.113. The Kier molecular flexibility index (Phi) is 2.76. The van der Waals surface area contributed by atoms with Gasteiger partial charge in [-0.3, -0.25) is 4.79 Å². The van der Waals surface area contributed by atoms with Crippen LogP contribution in [0.25, 0.3) is 10.3 Å². The monoisotopic (exact) mass is 247 g/mol. The maximum Gasteiger partial charge on any atom is 0.229 e. The molecule has 2 heterocycles. The van der Waals surface area contributed by atoms with Crippen LogP contribution in [0.15, 0.2) is 18.3 Å². The number of hydrogen-bond donors (Lipinski definition) is 1. The molecule has 88 valence electrons. The number of carbonyl (C=O) groups is 1. The summed E-state index contributed by atoms with van der Waals surface area (Å²) in [5.41, 5.74) is 0.847. The topological polar surface area (TPSA) is 54.9 Å². The van der Waals surface area contributed by atoms with Crippen molar-refractivity contribution in [2.24, 2.45) is 5.92 Å². The Morgan fingerprint density at radius 1 is 1.41 bits per heavy atom. The predicted molar refractivity (Wildman–Crippen MR) is 68.0 cm³/mol. The highest BCUT2D eigenvalue weighted by Gasteiger charge is 2.23. The highest BCUT2D eigenvalue weighted by molar-refractivity contribution is 7.21. The molecular formula is C12H13N3OS. The third kappa shape index (κ3) is 2.15. The van der Waals surface area contributed by atoms with Gasteiger partial charge in [-0.2, -0.15) is 0 Å². The van der Waals surface area contributed by atoms with Crippen molar-refractivity contribution in [3.05, 3.63) is 18.3 Å². The van der Waals surface area contributed by atoms with E-state index in [0.29, 0.717) is 5.13 Å². The van der Waals surface area contributed by atoms with Gasteiger partial charge in [0.15, 0.2) is 5.13 Å². The third-order valence-electron chi connectivity index (χ3n) is 3.12. The van der Waals surface area contributed by atoms with Gasteiger partial charge >= 0.3 is 0 Å². The van der Waals surface area contributed by atoms with Crippen LogP contribution in [0.2, 0.25) is 0 Å². The van der Waals surface area contributed by atoms with E-state index in [0.717, 1.165) is 23.2 Å². The average Bonchev–Trinajstić information content (AvgIpc) is 2.97. The van der Waals surface area contributed by atoms with E-state index in [-0.39, 0.29) is 11.8 Å². The molecule has 5 heteroatoms. The summed E-state index contributed by atoms with van der Waals surface area (Å²) in [6, 6.07) is 3.76. The van der Waals surface area contributed by atoms with Crippen LogP contribution in [-0.4, -0.2) is 15.9 Å². The molecule has 0 atom stereocenters. The van der Waals surface area contributed by atoms with E-state index >= 15 is 0 Å². The summed E-state index contributed by atoms with van der Waals surface area (Å²) in [5, 5.41) is 3.56. The van der Waals surface area contributed by atoms with Crippen molar-refractivity contribution in [3.8, 4) is 0 Å². The van der Waals surface area contributed by atoms with Crippen molar-refractivity contribution in [1.82, 2.24) is 9.97 Å². The lowest BCUT2D eigenvalue weighted by Gasteiger charge is -2.06. The molecule has 2 aromatic heterocycles. The van der Waals surface area contributed by atoms with Gasteiger partial charge in [-0.1, -0.05) is 24.2 Å². The summed E-state index contributed by atoms with van der Waals surface area (Å²) in [5.74, 6) is 0.288. The minimum Gasteiger partial charge on any atom is -0.302 e. The van der Waals surface area contributed by atoms with E-state index in [4.69, 9.17) is 0 Å². The normalized spacial score (nSPS) is 16.5. The molecule has 1 fully saturated rings. The minimum absolute atomic E-state index is 0.113.